The van der Waals surface area contributed by atoms with E-state index in [0.29, 0.717) is 28.4 Å². The molecule has 0 saturated carbocycles. The van der Waals surface area contributed by atoms with Crippen LogP contribution in [0.15, 0.2) is 66.0 Å². The summed E-state index contributed by atoms with van der Waals surface area (Å²) >= 11 is 0. The number of para-hydroxylation sites is 1. The molecule has 0 bridgehead atoms. The smallest absolute Gasteiger partial charge is 0.343 e. The van der Waals surface area contributed by atoms with E-state index in [-0.39, 0.29) is 23.1 Å². The first-order valence-corrected chi connectivity index (χ1v) is 10.5. The predicted molar refractivity (Wildman–Crippen MR) is 125 cm³/mol. The number of rotatable bonds is 7. The van der Waals surface area contributed by atoms with Gasteiger partial charge < -0.3 is 23.7 Å². The third kappa shape index (κ3) is 4.72. The zero-order chi connectivity index (χ0) is 24.9. The number of amides is 1. The molecule has 0 N–H and O–H groups in total. The molecule has 1 atom stereocenters. The van der Waals surface area contributed by atoms with Crippen molar-refractivity contribution in [2.75, 3.05) is 21.3 Å². The van der Waals surface area contributed by atoms with Gasteiger partial charge in [0.05, 0.1) is 38.0 Å². The molecule has 0 saturated heterocycles. The summed E-state index contributed by atoms with van der Waals surface area (Å²) in [6.07, 6.45) is 2.26. The van der Waals surface area contributed by atoms with Crippen molar-refractivity contribution in [2.24, 2.45) is 5.10 Å². The van der Waals surface area contributed by atoms with Crippen molar-refractivity contribution in [1.82, 2.24) is 9.99 Å². The summed E-state index contributed by atoms with van der Waals surface area (Å²) in [5.41, 5.74) is 1.22. The van der Waals surface area contributed by atoms with Crippen LogP contribution in [0.2, 0.25) is 0 Å². The van der Waals surface area contributed by atoms with Crippen LogP contribution in [0.25, 0.3) is 0 Å². The van der Waals surface area contributed by atoms with Gasteiger partial charge >= 0.3 is 5.97 Å². The van der Waals surface area contributed by atoms with E-state index < -0.39 is 12.2 Å². The van der Waals surface area contributed by atoms with Crippen molar-refractivity contribution in [1.29, 1.82) is 0 Å². The van der Waals surface area contributed by atoms with Crippen LogP contribution in [0.1, 0.15) is 34.6 Å². The molecule has 10 heteroatoms. The highest BCUT2D eigenvalue weighted by atomic mass is 16.6. The maximum atomic E-state index is 13.1. The lowest BCUT2D eigenvalue weighted by atomic mass is 10.1. The van der Waals surface area contributed by atoms with E-state index >= 15 is 0 Å². The Hall–Kier alpha value is -4.60. The molecule has 1 amide bonds. The summed E-state index contributed by atoms with van der Waals surface area (Å²) in [5.74, 6) is 0.377. The standard InChI is InChI=1S/C25H23N3O7/c1-15(29)28-24(35-23(27-28)16-8-7-11-26-14-16)18-9-5-6-10-19(18)34-25(30)17-12-20(31-2)22(33-4)21(13-17)32-3/h5-14,24H,1-4H3. The van der Waals surface area contributed by atoms with E-state index in [1.54, 1.807) is 48.8 Å². The van der Waals surface area contributed by atoms with Gasteiger partial charge in [-0.05, 0) is 36.4 Å². The van der Waals surface area contributed by atoms with Gasteiger partial charge in [-0.3, -0.25) is 9.78 Å². The largest absolute Gasteiger partial charge is 0.493 e. The monoisotopic (exact) mass is 477 g/mol. The number of hydrogen-bond donors (Lipinski definition) is 0. The topological polar surface area (TPSA) is 109 Å². The van der Waals surface area contributed by atoms with Crippen molar-refractivity contribution < 1.29 is 33.3 Å². The second-order valence-electron chi connectivity index (χ2n) is 7.32. The summed E-state index contributed by atoms with van der Waals surface area (Å²) in [6.45, 7) is 1.37. The minimum atomic E-state index is -0.938. The average molecular weight is 477 g/mol. The number of carbonyl (C=O) groups is 2. The van der Waals surface area contributed by atoms with Gasteiger partial charge in [0, 0.05) is 19.3 Å². The molecule has 0 aliphatic carbocycles. The number of pyridine rings is 1. The molecule has 10 nitrogen and oxygen atoms in total. The van der Waals surface area contributed by atoms with Gasteiger partial charge in [-0.15, -0.1) is 5.10 Å². The minimum Gasteiger partial charge on any atom is -0.493 e. The van der Waals surface area contributed by atoms with Gasteiger partial charge in [-0.2, -0.15) is 5.01 Å². The molecular weight excluding hydrogens is 454 g/mol. The van der Waals surface area contributed by atoms with Crippen LogP contribution in [0.5, 0.6) is 23.0 Å². The van der Waals surface area contributed by atoms with Crippen molar-refractivity contribution >= 4 is 17.8 Å². The van der Waals surface area contributed by atoms with E-state index in [9.17, 15) is 9.59 Å². The van der Waals surface area contributed by atoms with Crippen LogP contribution in [0.4, 0.5) is 0 Å². The number of hydrogen-bond acceptors (Lipinski definition) is 9. The molecule has 0 fully saturated rings. The van der Waals surface area contributed by atoms with Crippen LogP contribution < -0.4 is 18.9 Å². The summed E-state index contributed by atoms with van der Waals surface area (Å²) in [5, 5.41) is 5.50. The summed E-state index contributed by atoms with van der Waals surface area (Å²) < 4.78 is 27.7. The van der Waals surface area contributed by atoms with Gasteiger partial charge in [0.25, 0.3) is 0 Å². The lowest BCUT2D eigenvalue weighted by Gasteiger charge is -2.21. The predicted octanol–water partition coefficient (Wildman–Crippen LogP) is 3.57. The Balaban J connectivity index is 1.65. The molecule has 1 aliphatic rings. The highest BCUT2D eigenvalue weighted by Gasteiger charge is 2.35. The molecule has 35 heavy (non-hydrogen) atoms. The quantitative estimate of drug-likeness (QED) is 0.375. The third-order valence-corrected chi connectivity index (χ3v) is 5.16. The molecule has 2 heterocycles. The Labute approximate surface area is 201 Å². The first-order valence-electron chi connectivity index (χ1n) is 10.5. The average Bonchev–Trinajstić information content (AvgIpc) is 3.34. The number of benzene rings is 2. The molecule has 1 aliphatic heterocycles. The van der Waals surface area contributed by atoms with E-state index in [0.717, 1.165) is 0 Å². The summed E-state index contributed by atoms with van der Waals surface area (Å²) in [4.78, 5) is 29.5. The number of hydrazone groups is 1. The first-order chi connectivity index (χ1) is 17.0. The Bertz CT molecular complexity index is 1250. The molecular formula is C25H23N3O7. The van der Waals surface area contributed by atoms with E-state index in [2.05, 4.69) is 10.1 Å². The van der Waals surface area contributed by atoms with Crippen LogP contribution in [0, 0.1) is 0 Å². The fourth-order valence-electron chi connectivity index (χ4n) is 3.51. The summed E-state index contributed by atoms with van der Waals surface area (Å²) in [6, 6.07) is 13.2. The van der Waals surface area contributed by atoms with Gasteiger partial charge in [-0.1, -0.05) is 12.1 Å². The van der Waals surface area contributed by atoms with Gasteiger partial charge in [0.2, 0.25) is 23.8 Å². The van der Waals surface area contributed by atoms with Crippen LogP contribution in [-0.4, -0.2) is 49.1 Å². The van der Waals surface area contributed by atoms with Crippen molar-refractivity contribution in [3.63, 3.8) is 0 Å². The number of esters is 1. The lowest BCUT2D eigenvalue weighted by Crippen LogP contribution is -2.26. The van der Waals surface area contributed by atoms with Crippen molar-refractivity contribution in [2.45, 2.75) is 13.2 Å². The third-order valence-electron chi connectivity index (χ3n) is 5.16. The fourth-order valence-corrected chi connectivity index (χ4v) is 3.51. The lowest BCUT2D eigenvalue weighted by molar-refractivity contribution is -0.135. The maximum Gasteiger partial charge on any atom is 0.343 e. The molecule has 1 aromatic heterocycles. The van der Waals surface area contributed by atoms with Crippen LogP contribution >= 0.6 is 0 Å². The highest BCUT2D eigenvalue weighted by molar-refractivity contribution is 5.96. The van der Waals surface area contributed by atoms with E-state index in [1.807, 2.05) is 0 Å². The zero-order valence-corrected chi connectivity index (χ0v) is 19.6. The Morgan fingerprint density at radius 1 is 0.943 bits per heavy atom. The van der Waals surface area contributed by atoms with E-state index in [4.69, 9.17) is 23.7 Å². The number of aromatic nitrogens is 1. The second kappa shape index (κ2) is 10.1. The number of ether oxygens (including phenoxy) is 5. The molecule has 180 valence electrons. The molecule has 3 aromatic rings. The molecule has 0 spiro atoms. The minimum absolute atomic E-state index is 0.178. The first kappa shape index (κ1) is 23.6. The Morgan fingerprint density at radius 2 is 1.66 bits per heavy atom. The summed E-state index contributed by atoms with van der Waals surface area (Å²) in [7, 11) is 4.38. The molecule has 4 rings (SSSR count). The zero-order valence-electron chi connectivity index (χ0n) is 19.6. The SMILES string of the molecule is COc1cc(C(=O)Oc2ccccc2C2OC(c3cccnc3)=NN2C(C)=O)cc(OC)c1OC. The number of nitrogens with zero attached hydrogens (tertiary/aromatic N) is 3. The fraction of sp³-hybridized carbons (Fsp3) is 0.200. The van der Waals surface area contributed by atoms with Crippen molar-refractivity contribution in [3.05, 3.63) is 77.6 Å². The molecule has 1 unspecified atom stereocenters. The number of carbonyl (C=O) groups excluding carboxylic acids is 2. The Kier molecular flexibility index (Phi) is 6.81. The number of methoxy groups -OCH3 is 3. The van der Waals surface area contributed by atoms with Crippen LogP contribution in [-0.2, 0) is 9.53 Å². The molecule has 0 radical (unpaired) electrons. The normalized spacial score (nSPS) is 14.6. The van der Waals surface area contributed by atoms with Gasteiger partial charge in [0.1, 0.15) is 5.75 Å². The maximum absolute atomic E-state index is 13.1. The van der Waals surface area contributed by atoms with E-state index in [1.165, 1.54) is 45.4 Å². The Morgan fingerprint density at radius 3 is 2.26 bits per heavy atom. The second-order valence-corrected chi connectivity index (χ2v) is 7.32. The van der Waals surface area contributed by atoms with Gasteiger partial charge in [-0.25, -0.2) is 4.79 Å². The van der Waals surface area contributed by atoms with Crippen LogP contribution in [0.3, 0.4) is 0 Å². The van der Waals surface area contributed by atoms with Gasteiger partial charge in [0.15, 0.2) is 11.5 Å². The highest BCUT2D eigenvalue weighted by Crippen LogP contribution is 2.39. The van der Waals surface area contributed by atoms with Crippen molar-refractivity contribution in [3.8, 4) is 23.0 Å². The molecule has 2 aromatic carbocycles.